The second kappa shape index (κ2) is 4.33. The summed E-state index contributed by atoms with van der Waals surface area (Å²) in [6, 6.07) is 7.63. The van der Waals surface area contributed by atoms with E-state index < -0.39 is 0 Å². The lowest BCUT2D eigenvalue weighted by Gasteiger charge is -2.03. The molecule has 2 nitrogen and oxygen atoms in total. The average molecular weight is 284 g/mol. The second-order valence-electron chi connectivity index (χ2n) is 3.38. The average Bonchev–Trinajstić information content (AvgIpc) is 2.56. The standard InChI is InChI=1S/C11H10BrNOS/c1-8-4-5-13(11(14)6-8)7-9-2-3-10(12)15-9/h2-6H,7H2,1H3. The third-order valence-electron chi connectivity index (χ3n) is 2.11. The van der Waals surface area contributed by atoms with Crippen LogP contribution in [0.1, 0.15) is 10.4 Å². The lowest BCUT2D eigenvalue weighted by atomic mass is 10.3. The fraction of sp³-hybridized carbons (Fsp3) is 0.182. The molecular formula is C11H10BrNOS. The topological polar surface area (TPSA) is 22.0 Å². The van der Waals surface area contributed by atoms with Gasteiger partial charge in [0.15, 0.2) is 0 Å². The first-order valence-corrected chi connectivity index (χ1v) is 6.17. The molecule has 2 aromatic rings. The Balaban J connectivity index is 2.28. The Morgan fingerprint density at radius 1 is 1.40 bits per heavy atom. The van der Waals surface area contributed by atoms with Crippen molar-refractivity contribution in [3.63, 3.8) is 0 Å². The van der Waals surface area contributed by atoms with Gasteiger partial charge in [-0.1, -0.05) is 0 Å². The van der Waals surface area contributed by atoms with Crippen LogP contribution < -0.4 is 5.56 Å². The van der Waals surface area contributed by atoms with Gasteiger partial charge in [-0.3, -0.25) is 4.79 Å². The summed E-state index contributed by atoms with van der Waals surface area (Å²) in [5, 5.41) is 0. The lowest BCUT2D eigenvalue weighted by Crippen LogP contribution is -2.18. The van der Waals surface area contributed by atoms with Crippen LogP contribution >= 0.6 is 27.3 Å². The highest BCUT2D eigenvalue weighted by atomic mass is 79.9. The summed E-state index contributed by atoms with van der Waals surface area (Å²) in [7, 11) is 0. The van der Waals surface area contributed by atoms with Crippen molar-refractivity contribution < 1.29 is 0 Å². The smallest absolute Gasteiger partial charge is 0.251 e. The third kappa shape index (κ3) is 2.58. The van der Waals surface area contributed by atoms with Gasteiger partial charge in [-0.15, -0.1) is 11.3 Å². The number of nitrogens with zero attached hydrogens (tertiary/aromatic N) is 1. The van der Waals surface area contributed by atoms with Gasteiger partial charge in [0.1, 0.15) is 0 Å². The third-order valence-corrected chi connectivity index (χ3v) is 3.72. The summed E-state index contributed by atoms with van der Waals surface area (Å²) in [6.45, 7) is 2.57. The number of halogens is 1. The maximum Gasteiger partial charge on any atom is 0.251 e. The van der Waals surface area contributed by atoms with Crippen LogP contribution in [0.3, 0.4) is 0 Å². The van der Waals surface area contributed by atoms with E-state index >= 15 is 0 Å². The fourth-order valence-corrected chi connectivity index (χ4v) is 2.82. The monoisotopic (exact) mass is 283 g/mol. The molecule has 0 radical (unpaired) electrons. The van der Waals surface area contributed by atoms with Crippen molar-refractivity contribution in [2.24, 2.45) is 0 Å². The van der Waals surface area contributed by atoms with Gasteiger partial charge in [-0.25, -0.2) is 0 Å². The minimum atomic E-state index is 0.0551. The Morgan fingerprint density at radius 2 is 2.20 bits per heavy atom. The van der Waals surface area contributed by atoms with Crippen LogP contribution in [0.25, 0.3) is 0 Å². The van der Waals surface area contributed by atoms with E-state index in [1.807, 2.05) is 31.3 Å². The normalized spacial score (nSPS) is 10.5. The van der Waals surface area contributed by atoms with Gasteiger partial charge in [0.2, 0.25) is 0 Å². The van der Waals surface area contributed by atoms with Gasteiger partial charge in [-0.2, -0.15) is 0 Å². The molecule has 0 bridgehead atoms. The van der Waals surface area contributed by atoms with Crippen molar-refractivity contribution in [2.45, 2.75) is 13.5 Å². The molecule has 0 saturated carbocycles. The Bertz CT molecular complexity index is 529. The van der Waals surface area contributed by atoms with E-state index in [9.17, 15) is 4.79 Å². The molecule has 0 aliphatic heterocycles. The number of aryl methyl sites for hydroxylation is 1. The molecule has 0 unspecified atom stereocenters. The van der Waals surface area contributed by atoms with Gasteiger partial charge in [0, 0.05) is 17.1 Å². The molecule has 0 atom stereocenters. The molecule has 4 heteroatoms. The summed E-state index contributed by atoms with van der Waals surface area (Å²) < 4.78 is 2.81. The minimum absolute atomic E-state index is 0.0551. The van der Waals surface area contributed by atoms with E-state index in [-0.39, 0.29) is 5.56 Å². The molecule has 0 saturated heterocycles. The van der Waals surface area contributed by atoms with Gasteiger partial charge in [0.05, 0.1) is 10.3 Å². The van der Waals surface area contributed by atoms with Gasteiger partial charge >= 0.3 is 0 Å². The predicted octanol–water partition coefficient (Wildman–Crippen LogP) is 3.03. The highest BCUT2D eigenvalue weighted by molar-refractivity contribution is 9.11. The van der Waals surface area contributed by atoms with E-state index in [0.717, 1.165) is 9.35 Å². The van der Waals surface area contributed by atoms with E-state index in [4.69, 9.17) is 0 Å². The molecule has 0 aromatic carbocycles. The van der Waals surface area contributed by atoms with Crippen LogP contribution in [0.2, 0.25) is 0 Å². The van der Waals surface area contributed by atoms with Gasteiger partial charge in [0.25, 0.3) is 5.56 Å². The fourth-order valence-electron chi connectivity index (χ4n) is 1.34. The molecular weight excluding hydrogens is 274 g/mol. The number of rotatable bonds is 2. The Labute approximate surface area is 100 Å². The minimum Gasteiger partial charge on any atom is -0.310 e. The number of aromatic nitrogens is 1. The van der Waals surface area contributed by atoms with E-state index in [1.165, 1.54) is 4.88 Å². The van der Waals surface area contributed by atoms with Crippen molar-refractivity contribution >= 4 is 27.3 Å². The molecule has 0 fully saturated rings. The molecule has 2 aromatic heterocycles. The van der Waals surface area contributed by atoms with E-state index in [2.05, 4.69) is 15.9 Å². The Kier molecular flexibility index (Phi) is 3.07. The number of pyridine rings is 1. The molecule has 78 valence electrons. The van der Waals surface area contributed by atoms with Crippen LogP contribution in [-0.2, 0) is 6.54 Å². The first-order valence-electron chi connectivity index (χ1n) is 4.56. The molecule has 2 rings (SSSR count). The molecule has 0 aliphatic carbocycles. The molecule has 2 heterocycles. The van der Waals surface area contributed by atoms with E-state index in [1.54, 1.807) is 22.0 Å². The zero-order chi connectivity index (χ0) is 10.8. The maximum absolute atomic E-state index is 11.6. The second-order valence-corrected chi connectivity index (χ2v) is 5.92. The lowest BCUT2D eigenvalue weighted by molar-refractivity contribution is 0.767. The van der Waals surface area contributed by atoms with Crippen LogP contribution in [-0.4, -0.2) is 4.57 Å². The zero-order valence-corrected chi connectivity index (χ0v) is 10.6. The van der Waals surface area contributed by atoms with Gasteiger partial charge in [-0.05, 0) is 46.6 Å². The molecule has 0 spiro atoms. The molecule has 0 aliphatic rings. The maximum atomic E-state index is 11.6. The Hall–Kier alpha value is -0.870. The number of hydrogen-bond donors (Lipinski definition) is 0. The summed E-state index contributed by atoms with van der Waals surface area (Å²) in [5.41, 5.74) is 1.06. The van der Waals surface area contributed by atoms with Crippen molar-refractivity contribution in [3.05, 3.63) is 55.0 Å². The van der Waals surface area contributed by atoms with Crippen LogP contribution in [0, 0.1) is 6.92 Å². The van der Waals surface area contributed by atoms with Crippen molar-refractivity contribution in [3.8, 4) is 0 Å². The van der Waals surface area contributed by atoms with Crippen molar-refractivity contribution in [1.29, 1.82) is 0 Å². The first kappa shape index (κ1) is 10.6. The summed E-state index contributed by atoms with van der Waals surface area (Å²) in [4.78, 5) is 12.8. The summed E-state index contributed by atoms with van der Waals surface area (Å²) in [6.07, 6.45) is 1.84. The zero-order valence-electron chi connectivity index (χ0n) is 8.24. The highest BCUT2D eigenvalue weighted by Crippen LogP contribution is 2.22. The van der Waals surface area contributed by atoms with E-state index in [0.29, 0.717) is 6.54 Å². The predicted molar refractivity (Wildman–Crippen MR) is 66.6 cm³/mol. The van der Waals surface area contributed by atoms with Crippen molar-refractivity contribution in [2.75, 3.05) is 0 Å². The van der Waals surface area contributed by atoms with Gasteiger partial charge < -0.3 is 4.57 Å². The molecule has 15 heavy (non-hydrogen) atoms. The number of hydrogen-bond acceptors (Lipinski definition) is 2. The van der Waals surface area contributed by atoms with Crippen LogP contribution in [0.4, 0.5) is 0 Å². The SMILES string of the molecule is Cc1ccn(Cc2ccc(Br)s2)c(=O)c1. The molecule has 0 amide bonds. The van der Waals surface area contributed by atoms with Crippen LogP contribution in [0.5, 0.6) is 0 Å². The van der Waals surface area contributed by atoms with Crippen molar-refractivity contribution in [1.82, 2.24) is 4.57 Å². The Morgan fingerprint density at radius 3 is 2.80 bits per heavy atom. The largest absolute Gasteiger partial charge is 0.310 e. The summed E-state index contributed by atoms with van der Waals surface area (Å²) in [5.74, 6) is 0. The number of thiophene rings is 1. The quantitative estimate of drug-likeness (QED) is 0.831. The first-order chi connectivity index (χ1) is 7.15. The summed E-state index contributed by atoms with van der Waals surface area (Å²) >= 11 is 5.06. The highest BCUT2D eigenvalue weighted by Gasteiger charge is 2.00. The molecule has 0 N–H and O–H groups in total. The van der Waals surface area contributed by atoms with Crippen LogP contribution in [0.15, 0.2) is 39.0 Å².